The lowest BCUT2D eigenvalue weighted by Gasteiger charge is -2.24. The highest BCUT2D eigenvalue weighted by Crippen LogP contribution is 2.43. The fourth-order valence-electron chi connectivity index (χ4n) is 6.79. The molecule has 0 aliphatic carbocycles. The number of hydrogen-bond acceptors (Lipinski definition) is 7. The van der Waals surface area contributed by atoms with E-state index in [1.54, 1.807) is 0 Å². The monoisotopic (exact) mass is 869 g/mol. The summed E-state index contributed by atoms with van der Waals surface area (Å²) in [5, 5.41) is 0. The second kappa shape index (κ2) is 42.5. The van der Waals surface area contributed by atoms with Crippen LogP contribution in [0.1, 0.15) is 219 Å². The van der Waals surface area contributed by atoms with Crippen LogP contribution in [0.15, 0.2) is 36.5 Å². The number of carbonyl (C=O) groups excluding carboxylic acids is 2. The number of phosphoric ester groups is 1. The Bertz CT molecular complexity index is 1120. The number of esters is 2. The number of carbonyl (C=O) groups is 2. The normalized spacial score (nSPS) is 13.8. The third-order valence-electron chi connectivity index (χ3n) is 10.7. The number of hydrogen-bond donors (Lipinski definition) is 1. The van der Waals surface area contributed by atoms with Gasteiger partial charge in [0.25, 0.3) is 0 Å². The van der Waals surface area contributed by atoms with Crippen LogP contribution in [-0.2, 0) is 32.7 Å². The molecule has 0 heterocycles. The van der Waals surface area contributed by atoms with Crippen molar-refractivity contribution in [1.82, 2.24) is 0 Å². The van der Waals surface area contributed by atoms with E-state index in [2.05, 4.69) is 50.3 Å². The molecule has 0 aliphatic heterocycles. The van der Waals surface area contributed by atoms with Crippen LogP contribution in [0, 0.1) is 0 Å². The van der Waals surface area contributed by atoms with Gasteiger partial charge >= 0.3 is 19.8 Å². The number of likely N-dealkylation sites (N-methyl/N-ethyl adjacent to an activating group) is 1. The Morgan fingerprint density at radius 1 is 0.517 bits per heavy atom. The van der Waals surface area contributed by atoms with Gasteiger partial charge in [-0.2, -0.15) is 0 Å². The first-order valence-corrected chi connectivity index (χ1v) is 26.2. The molecule has 352 valence electrons. The van der Waals surface area contributed by atoms with Crippen LogP contribution in [0.5, 0.6) is 0 Å². The minimum absolute atomic E-state index is 0.0318. The maximum absolute atomic E-state index is 12.7. The van der Waals surface area contributed by atoms with Gasteiger partial charge in [-0.1, -0.05) is 192 Å². The summed E-state index contributed by atoms with van der Waals surface area (Å²) < 4.78 is 34.4. The topological polar surface area (TPSA) is 108 Å². The summed E-state index contributed by atoms with van der Waals surface area (Å²) in [6.07, 6.45) is 49.1. The van der Waals surface area contributed by atoms with Crippen LogP contribution in [-0.4, -0.2) is 74.9 Å². The van der Waals surface area contributed by atoms with Crippen molar-refractivity contribution in [3.8, 4) is 0 Å². The molecule has 9 nitrogen and oxygen atoms in total. The Labute approximate surface area is 370 Å². The molecule has 10 heteroatoms. The highest BCUT2D eigenvalue weighted by Gasteiger charge is 2.27. The van der Waals surface area contributed by atoms with E-state index in [0.717, 1.165) is 51.4 Å². The highest BCUT2D eigenvalue weighted by atomic mass is 31.2. The van der Waals surface area contributed by atoms with Crippen molar-refractivity contribution in [3.05, 3.63) is 36.5 Å². The molecule has 0 aromatic heterocycles. The Morgan fingerprint density at radius 2 is 0.900 bits per heavy atom. The summed E-state index contributed by atoms with van der Waals surface area (Å²) in [6.45, 7) is 4.41. The Hall–Kier alpha value is -1.77. The molecule has 2 unspecified atom stereocenters. The van der Waals surface area contributed by atoms with Crippen molar-refractivity contribution in [3.63, 3.8) is 0 Å². The van der Waals surface area contributed by atoms with Crippen LogP contribution in [0.2, 0.25) is 0 Å². The van der Waals surface area contributed by atoms with Crippen molar-refractivity contribution in [2.45, 2.75) is 225 Å². The average Bonchev–Trinajstić information content (AvgIpc) is 3.20. The number of ether oxygens (including phenoxy) is 2. The van der Waals surface area contributed by atoms with E-state index in [1.807, 2.05) is 21.1 Å². The zero-order chi connectivity index (χ0) is 44.3. The van der Waals surface area contributed by atoms with Crippen molar-refractivity contribution < 1.29 is 42.1 Å². The lowest BCUT2D eigenvalue weighted by molar-refractivity contribution is -0.870. The number of allylic oxidation sites excluding steroid dienone is 6. The number of phosphoric acid groups is 1. The van der Waals surface area contributed by atoms with Gasteiger partial charge in [0.15, 0.2) is 6.10 Å². The second-order valence-corrected chi connectivity index (χ2v) is 19.3. The van der Waals surface area contributed by atoms with E-state index in [-0.39, 0.29) is 25.6 Å². The lowest BCUT2D eigenvalue weighted by atomic mass is 10.0. The predicted octanol–water partition coefficient (Wildman–Crippen LogP) is 14.5. The van der Waals surface area contributed by atoms with Crippen LogP contribution in [0.25, 0.3) is 0 Å². The van der Waals surface area contributed by atoms with Gasteiger partial charge in [0.1, 0.15) is 19.8 Å². The predicted molar refractivity (Wildman–Crippen MR) is 252 cm³/mol. The minimum atomic E-state index is -4.37. The van der Waals surface area contributed by atoms with Crippen molar-refractivity contribution >= 4 is 19.8 Å². The number of nitrogens with zero attached hydrogens (tertiary/aromatic N) is 1. The maximum atomic E-state index is 12.7. The molecular weight excluding hydrogens is 774 g/mol. The fourth-order valence-corrected chi connectivity index (χ4v) is 7.53. The first kappa shape index (κ1) is 58.2. The molecule has 0 saturated heterocycles. The molecule has 0 aromatic rings. The smallest absolute Gasteiger partial charge is 0.462 e. The van der Waals surface area contributed by atoms with Gasteiger partial charge in [0, 0.05) is 12.8 Å². The van der Waals surface area contributed by atoms with Gasteiger partial charge in [-0.3, -0.25) is 18.6 Å². The summed E-state index contributed by atoms with van der Waals surface area (Å²) >= 11 is 0. The summed E-state index contributed by atoms with van der Waals surface area (Å²) in [7, 11) is 1.48. The van der Waals surface area contributed by atoms with Gasteiger partial charge in [0.05, 0.1) is 27.7 Å². The molecule has 0 rings (SSSR count). The van der Waals surface area contributed by atoms with Gasteiger partial charge in [0.2, 0.25) is 0 Å². The summed E-state index contributed by atoms with van der Waals surface area (Å²) in [6, 6.07) is 0. The van der Waals surface area contributed by atoms with E-state index in [0.29, 0.717) is 23.9 Å². The van der Waals surface area contributed by atoms with Gasteiger partial charge in [-0.15, -0.1) is 0 Å². The third-order valence-corrected chi connectivity index (χ3v) is 11.7. The molecule has 0 saturated carbocycles. The SMILES string of the molecule is CCCCCCC/C=C\C/C=C\C/C=C\CCCCCCCCCCCCC(=O)OC(COC(=O)CCCCCCCCCCCCC)COP(=O)(O)OCC[N+](C)(C)C. The van der Waals surface area contributed by atoms with E-state index < -0.39 is 26.5 Å². The quantitative estimate of drug-likeness (QED) is 0.0212. The summed E-state index contributed by atoms with van der Waals surface area (Å²) in [4.78, 5) is 35.4. The Kier molecular flexibility index (Phi) is 41.3. The van der Waals surface area contributed by atoms with Gasteiger partial charge < -0.3 is 18.9 Å². The molecule has 0 aromatic carbocycles. The summed E-state index contributed by atoms with van der Waals surface area (Å²) in [5.41, 5.74) is 0. The third kappa shape index (κ3) is 45.7. The average molecular weight is 869 g/mol. The Balaban J connectivity index is 4.19. The largest absolute Gasteiger partial charge is 0.472 e. The molecule has 0 radical (unpaired) electrons. The standard InChI is InChI=1S/C50H94NO8P/c1-6-8-10-12-14-16-18-19-20-21-22-23-24-25-26-27-28-29-30-31-33-35-37-39-41-43-50(53)59-48(47-58-60(54,55)57-45-44-51(3,4)5)46-56-49(52)42-40-38-36-34-32-17-15-13-11-9-7-2/h18-19,21-22,24-25,48H,6-17,20,23,26-47H2,1-5H3/p+1/b19-18-,22-21-,25-24-. The van der Waals surface area contributed by atoms with Crippen LogP contribution in [0.4, 0.5) is 0 Å². The Morgan fingerprint density at radius 3 is 1.33 bits per heavy atom. The number of quaternary nitrogens is 1. The van der Waals surface area contributed by atoms with E-state index in [4.69, 9.17) is 18.5 Å². The molecular formula is C50H95NO8P+. The molecule has 1 N–H and O–H groups in total. The van der Waals surface area contributed by atoms with E-state index in [9.17, 15) is 19.0 Å². The molecule has 2 atom stereocenters. The first-order chi connectivity index (χ1) is 29.0. The molecule has 0 amide bonds. The van der Waals surface area contributed by atoms with Crippen molar-refractivity contribution in [2.75, 3.05) is 47.5 Å². The van der Waals surface area contributed by atoms with Crippen LogP contribution in [0.3, 0.4) is 0 Å². The van der Waals surface area contributed by atoms with E-state index >= 15 is 0 Å². The fraction of sp³-hybridized carbons (Fsp3) is 0.840. The van der Waals surface area contributed by atoms with Gasteiger partial charge in [-0.25, -0.2) is 4.57 Å². The number of rotatable bonds is 45. The lowest BCUT2D eigenvalue weighted by Crippen LogP contribution is -2.37. The van der Waals surface area contributed by atoms with Crippen LogP contribution < -0.4 is 0 Å². The molecule has 0 aliphatic rings. The molecule has 0 spiro atoms. The summed E-state index contributed by atoms with van der Waals surface area (Å²) in [5.74, 6) is -0.798. The minimum Gasteiger partial charge on any atom is -0.462 e. The van der Waals surface area contributed by atoms with Gasteiger partial charge in [-0.05, 0) is 51.4 Å². The number of unbranched alkanes of at least 4 members (excludes halogenated alkanes) is 25. The molecule has 0 fully saturated rings. The van der Waals surface area contributed by atoms with E-state index in [1.165, 1.54) is 135 Å². The van der Waals surface area contributed by atoms with Crippen molar-refractivity contribution in [1.29, 1.82) is 0 Å². The highest BCUT2D eigenvalue weighted by molar-refractivity contribution is 7.47. The second-order valence-electron chi connectivity index (χ2n) is 17.9. The first-order valence-electron chi connectivity index (χ1n) is 24.7. The van der Waals surface area contributed by atoms with Crippen LogP contribution >= 0.6 is 7.82 Å². The zero-order valence-electron chi connectivity index (χ0n) is 39.7. The molecule has 0 bridgehead atoms. The zero-order valence-corrected chi connectivity index (χ0v) is 40.6. The molecule has 60 heavy (non-hydrogen) atoms. The van der Waals surface area contributed by atoms with Crippen molar-refractivity contribution in [2.24, 2.45) is 0 Å². The maximum Gasteiger partial charge on any atom is 0.472 e.